The average Bonchev–Trinajstić information content (AvgIpc) is 3.42. The maximum Gasteiger partial charge on any atom is 0.201 e. The lowest BCUT2D eigenvalue weighted by Gasteiger charge is -2.24. The summed E-state index contributed by atoms with van der Waals surface area (Å²) in [5, 5.41) is 2.60. The lowest BCUT2D eigenvalue weighted by atomic mass is 9.85. The smallest absolute Gasteiger partial charge is 0.201 e. The van der Waals surface area contributed by atoms with E-state index >= 15 is 0 Å². The summed E-state index contributed by atoms with van der Waals surface area (Å²) in [6, 6.07) is 29.3. The van der Waals surface area contributed by atoms with E-state index in [1.165, 1.54) is 49.6 Å². The van der Waals surface area contributed by atoms with Crippen molar-refractivity contribution in [1.82, 2.24) is 4.57 Å². The van der Waals surface area contributed by atoms with Crippen LogP contribution in [0.15, 0.2) is 83.9 Å². The van der Waals surface area contributed by atoms with E-state index in [1.54, 1.807) is 0 Å². The van der Waals surface area contributed by atoms with Gasteiger partial charge in [0.2, 0.25) is 5.90 Å². The molecular weight excluding hydrogens is 464 g/mol. The number of benzene rings is 4. The zero-order valence-corrected chi connectivity index (χ0v) is 23.1. The summed E-state index contributed by atoms with van der Waals surface area (Å²) in [6.07, 6.45) is 0. The zero-order valence-electron chi connectivity index (χ0n) is 23.1. The van der Waals surface area contributed by atoms with Gasteiger partial charge in [-0.25, -0.2) is 4.99 Å². The van der Waals surface area contributed by atoms with Crippen molar-refractivity contribution in [3.8, 4) is 5.69 Å². The number of hydrogen-bond donors (Lipinski definition) is 0. The molecule has 0 spiro atoms. The third-order valence-electron chi connectivity index (χ3n) is 8.30. The van der Waals surface area contributed by atoms with Gasteiger partial charge < -0.3 is 9.30 Å². The molecule has 0 saturated heterocycles. The van der Waals surface area contributed by atoms with Gasteiger partial charge in [0.1, 0.15) is 6.61 Å². The molecule has 0 saturated carbocycles. The number of fused-ring (bicyclic) bond motifs is 8. The van der Waals surface area contributed by atoms with E-state index in [4.69, 9.17) is 9.73 Å². The predicted octanol–water partition coefficient (Wildman–Crippen LogP) is 9.08. The molecule has 7 rings (SSSR count). The SMILES string of the molecule is CC(C)(C)c1ccc2c(c1)c1cc(C(C)(C)C)ccc1n2-c1ccc2c(c1)N=C1OCc3ccccc3C12. The highest BCUT2D eigenvalue weighted by atomic mass is 16.5. The number of hydrogen-bond acceptors (Lipinski definition) is 2. The Balaban J connectivity index is 1.45. The van der Waals surface area contributed by atoms with E-state index in [0.29, 0.717) is 6.61 Å². The van der Waals surface area contributed by atoms with Crippen LogP contribution in [0.2, 0.25) is 0 Å². The summed E-state index contributed by atoms with van der Waals surface area (Å²) in [4.78, 5) is 4.98. The first-order chi connectivity index (χ1) is 18.1. The van der Waals surface area contributed by atoms with Crippen molar-refractivity contribution >= 4 is 33.4 Å². The molecule has 3 heteroatoms. The monoisotopic (exact) mass is 498 g/mol. The number of ether oxygens (including phenoxy) is 1. The summed E-state index contributed by atoms with van der Waals surface area (Å²) in [7, 11) is 0. The Kier molecular flexibility index (Phi) is 4.80. The number of rotatable bonds is 1. The molecule has 0 bridgehead atoms. The molecule has 0 amide bonds. The molecule has 38 heavy (non-hydrogen) atoms. The van der Waals surface area contributed by atoms with Gasteiger partial charge in [-0.2, -0.15) is 0 Å². The first-order valence-corrected chi connectivity index (χ1v) is 13.6. The zero-order chi connectivity index (χ0) is 26.4. The van der Waals surface area contributed by atoms with Gasteiger partial charge in [0, 0.05) is 16.5 Å². The van der Waals surface area contributed by atoms with Crippen LogP contribution in [0, 0.1) is 0 Å². The van der Waals surface area contributed by atoms with E-state index in [0.717, 1.165) is 17.3 Å². The lowest BCUT2D eigenvalue weighted by Crippen LogP contribution is -2.21. The van der Waals surface area contributed by atoms with Crippen molar-refractivity contribution in [1.29, 1.82) is 0 Å². The maximum absolute atomic E-state index is 6.12. The highest BCUT2D eigenvalue weighted by Crippen LogP contribution is 2.45. The molecule has 2 aliphatic heterocycles. The van der Waals surface area contributed by atoms with Crippen molar-refractivity contribution in [3.63, 3.8) is 0 Å². The van der Waals surface area contributed by atoms with Crippen molar-refractivity contribution in [2.24, 2.45) is 4.99 Å². The van der Waals surface area contributed by atoms with Crippen LogP contribution in [0.3, 0.4) is 0 Å². The van der Waals surface area contributed by atoms with Crippen LogP contribution in [0.1, 0.15) is 75.3 Å². The van der Waals surface area contributed by atoms with Gasteiger partial charge in [-0.15, -0.1) is 0 Å². The Hall–Kier alpha value is -3.85. The fraction of sp³-hybridized carbons (Fsp3) is 0.286. The quantitative estimate of drug-likeness (QED) is 0.226. The molecule has 0 radical (unpaired) electrons. The van der Waals surface area contributed by atoms with E-state index < -0.39 is 0 Å². The van der Waals surface area contributed by atoms with Crippen molar-refractivity contribution < 1.29 is 4.74 Å². The number of aliphatic imine (C=N–C) groups is 1. The minimum Gasteiger partial charge on any atom is -0.475 e. The minimum absolute atomic E-state index is 0.0838. The normalized spacial score (nSPS) is 16.7. The molecule has 0 aliphatic carbocycles. The molecule has 5 aromatic rings. The van der Waals surface area contributed by atoms with E-state index in [2.05, 4.69) is 125 Å². The fourth-order valence-electron chi connectivity index (χ4n) is 6.08. The Labute approximate surface area is 224 Å². The molecule has 1 unspecified atom stereocenters. The fourth-order valence-corrected chi connectivity index (χ4v) is 6.08. The Morgan fingerprint density at radius 1 is 0.711 bits per heavy atom. The Morgan fingerprint density at radius 2 is 1.34 bits per heavy atom. The van der Waals surface area contributed by atoms with Crippen LogP contribution in [0.4, 0.5) is 5.69 Å². The van der Waals surface area contributed by atoms with E-state index in [-0.39, 0.29) is 16.7 Å². The topological polar surface area (TPSA) is 26.5 Å². The highest BCUT2D eigenvalue weighted by molar-refractivity contribution is 6.10. The first-order valence-electron chi connectivity index (χ1n) is 13.6. The lowest BCUT2D eigenvalue weighted by molar-refractivity contribution is 0.271. The van der Waals surface area contributed by atoms with Crippen LogP contribution >= 0.6 is 0 Å². The van der Waals surface area contributed by atoms with Gasteiger partial charge in [0.25, 0.3) is 0 Å². The van der Waals surface area contributed by atoms with Crippen molar-refractivity contribution in [2.45, 2.75) is 64.9 Å². The van der Waals surface area contributed by atoms with Gasteiger partial charge in [0.05, 0.1) is 22.6 Å². The Bertz CT molecular complexity index is 1720. The molecule has 3 heterocycles. The molecule has 1 atom stereocenters. The Morgan fingerprint density at radius 3 is 1.97 bits per heavy atom. The van der Waals surface area contributed by atoms with Crippen LogP contribution in [0.5, 0.6) is 0 Å². The number of nitrogens with zero attached hydrogens (tertiary/aromatic N) is 2. The largest absolute Gasteiger partial charge is 0.475 e. The maximum atomic E-state index is 6.12. The van der Waals surface area contributed by atoms with Crippen molar-refractivity contribution in [3.05, 3.63) is 107 Å². The second kappa shape index (κ2) is 7.83. The van der Waals surface area contributed by atoms with Gasteiger partial charge in [0.15, 0.2) is 0 Å². The molecule has 190 valence electrons. The number of aromatic nitrogens is 1. The highest BCUT2D eigenvalue weighted by Gasteiger charge is 2.35. The van der Waals surface area contributed by atoms with Crippen LogP contribution in [-0.2, 0) is 22.2 Å². The average molecular weight is 499 g/mol. The van der Waals surface area contributed by atoms with Gasteiger partial charge in [-0.3, -0.25) is 0 Å². The summed E-state index contributed by atoms with van der Waals surface area (Å²) in [5.74, 6) is 0.911. The second-order valence-electron chi connectivity index (χ2n) is 12.9. The molecule has 4 aromatic carbocycles. The second-order valence-corrected chi connectivity index (χ2v) is 12.9. The minimum atomic E-state index is 0.0838. The first kappa shape index (κ1) is 23.3. The summed E-state index contributed by atoms with van der Waals surface area (Å²) in [6.45, 7) is 14.3. The van der Waals surface area contributed by atoms with Gasteiger partial charge in [-0.05, 0) is 75.0 Å². The summed E-state index contributed by atoms with van der Waals surface area (Å²) >= 11 is 0. The van der Waals surface area contributed by atoms with Gasteiger partial charge in [-0.1, -0.05) is 84.0 Å². The van der Waals surface area contributed by atoms with E-state index in [1.807, 2.05) is 0 Å². The van der Waals surface area contributed by atoms with Crippen LogP contribution in [-0.4, -0.2) is 10.5 Å². The molecule has 0 fully saturated rings. The molecular formula is C35H34N2O. The summed E-state index contributed by atoms with van der Waals surface area (Å²) < 4.78 is 8.52. The van der Waals surface area contributed by atoms with Gasteiger partial charge >= 0.3 is 0 Å². The predicted molar refractivity (Wildman–Crippen MR) is 158 cm³/mol. The van der Waals surface area contributed by atoms with Crippen LogP contribution in [0.25, 0.3) is 27.5 Å². The molecule has 2 aliphatic rings. The molecule has 1 aromatic heterocycles. The molecule has 3 nitrogen and oxygen atoms in total. The van der Waals surface area contributed by atoms with Crippen molar-refractivity contribution in [2.75, 3.05) is 0 Å². The molecule has 0 N–H and O–H groups in total. The third kappa shape index (κ3) is 3.45. The summed E-state index contributed by atoms with van der Waals surface area (Å²) in [5.41, 5.74) is 11.2. The standard InChI is InChI=1S/C35H34N2O/c1-34(2,3)22-11-15-30-27(17-22)28-18-23(35(4,5)6)12-16-31(28)37(30)24-13-14-26-29(19-24)36-33-32(26)25-10-8-7-9-21(25)20-38-33/h7-19,32H,20H2,1-6H3. The van der Waals surface area contributed by atoms with Crippen LogP contribution < -0.4 is 0 Å². The van der Waals surface area contributed by atoms with E-state index in [9.17, 15) is 0 Å². The third-order valence-corrected chi connectivity index (χ3v) is 8.30.